The number of carbonyl (C=O) groups is 2. The average molecular weight is 377 g/mol. The molecule has 0 bridgehead atoms. The first-order valence-electron chi connectivity index (χ1n) is 7.81. The van der Waals surface area contributed by atoms with E-state index in [-0.39, 0.29) is 11.6 Å². The van der Waals surface area contributed by atoms with Crippen molar-refractivity contribution >= 4 is 29.1 Å². The van der Waals surface area contributed by atoms with Crippen LogP contribution in [0.5, 0.6) is 0 Å². The highest BCUT2D eigenvalue weighted by atomic mass is 35.5. The van der Waals surface area contributed by atoms with Crippen molar-refractivity contribution in [2.45, 2.75) is 12.6 Å². The minimum absolute atomic E-state index is 0.00574. The smallest absolute Gasteiger partial charge is 0.378 e. The van der Waals surface area contributed by atoms with Crippen LogP contribution in [0.15, 0.2) is 18.2 Å². The summed E-state index contributed by atoms with van der Waals surface area (Å²) in [6, 6.07) is 3.18. The van der Waals surface area contributed by atoms with E-state index in [9.17, 15) is 22.8 Å². The number of morpholine rings is 1. The fraction of sp³-hybridized carbons (Fsp3) is 0.500. The Hall–Kier alpha value is -1.80. The summed E-state index contributed by atoms with van der Waals surface area (Å²) in [5, 5.41) is 2.01. The van der Waals surface area contributed by atoms with Crippen LogP contribution in [0.2, 0.25) is 5.02 Å². The van der Waals surface area contributed by atoms with Gasteiger partial charge in [-0.05, 0) is 24.6 Å². The zero-order valence-corrected chi connectivity index (χ0v) is 13.9. The fourth-order valence-electron chi connectivity index (χ4n) is 2.83. The molecule has 1 aromatic carbocycles. The summed E-state index contributed by atoms with van der Waals surface area (Å²) in [5.41, 5.74) is -1.00. The van der Waals surface area contributed by atoms with Crippen LogP contribution in [0, 0.1) is 11.8 Å². The first-order valence-corrected chi connectivity index (χ1v) is 8.19. The van der Waals surface area contributed by atoms with Gasteiger partial charge in [0.2, 0.25) is 11.8 Å². The normalized spacial score (nSPS) is 23.3. The molecule has 0 aromatic heterocycles. The number of amides is 2. The lowest BCUT2D eigenvalue weighted by Crippen LogP contribution is -2.42. The molecule has 0 spiro atoms. The van der Waals surface area contributed by atoms with Gasteiger partial charge in [-0.3, -0.25) is 9.59 Å². The van der Waals surface area contributed by atoms with Crippen molar-refractivity contribution in [2.75, 3.05) is 31.6 Å². The van der Waals surface area contributed by atoms with Crippen molar-refractivity contribution in [2.24, 2.45) is 11.8 Å². The Morgan fingerprint density at radius 3 is 2.52 bits per heavy atom. The maximum atomic E-state index is 12.9. The van der Waals surface area contributed by atoms with Crippen molar-refractivity contribution in [3.8, 4) is 0 Å². The highest BCUT2D eigenvalue weighted by Crippen LogP contribution is 2.41. The Labute approximate surface area is 147 Å². The van der Waals surface area contributed by atoms with Crippen molar-refractivity contribution in [3.05, 3.63) is 28.8 Å². The second-order valence-electron chi connectivity index (χ2n) is 6.07. The minimum atomic E-state index is -4.60. The van der Waals surface area contributed by atoms with Crippen LogP contribution in [-0.4, -0.2) is 43.0 Å². The van der Waals surface area contributed by atoms with E-state index >= 15 is 0 Å². The highest BCUT2D eigenvalue weighted by Gasteiger charge is 2.49. The molecule has 1 saturated carbocycles. The second kappa shape index (κ2) is 6.84. The van der Waals surface area contributed by atoms with Crippen molar-refractivity contribution in [3.63, 3.8) is 0 Å². The summed E-state index contributed by atoms with van der Waals surface area (Å²) in [6.45, 7) is 1.94. The third-order valence-corrected chi connectivity index (χ3v) is 4.64. The largest absolute Gasteiger partial charge is 0.417 e. The first kappa shape index (κ1) is 18.0. The topological polar surface area (TPSA) is 58.6 Å². The maximum Gasteiger partial charge on any atom is 0.417 e. The molecule has 1 aromatic rings. The SMILES string of the molecule is O=C(Nc1ccc(Cl)c(C(F)(F)F)c1)C1CC1C(=O)N1CCOCC1. The van der Waals surface area contributed by atoms with Gasteiger partial charge in [0.05, 0.1) is 35.6 Å². The van der Waals surface area contributed by atoms with Gasteiger partial charge in [-0.2, -0.15) is 13.2 Å². The number of hydrogen-bond acceptors (Lipinski definition) is 3. The van der Waals surface area contributed by atoms with Crippen molar-refractivity contribution in [1.82, 2.24) is 4.90 Å². The van der Waals surface area contributed by atoms with E-state index < -0.39 is 34.5 Å². The lowest BCUT2D eigenvalue weighted by Gasteiger charge is -2.27. The predicted molar refractivity (Wildman–Crippen MR) is 84.1 cm³/mol. The molecular formula is C16H16ClF3N2O3. The van der Waals surface area contributed by atoms with Gasteiger partial charge in [0.25, 0.3) is 0 Å². The monoisotopic (exact) mass is 376 g/mol. The number of carbonyl (C=O) groups excluding carboxylic acids is 2. The van der Waals surface area contributed by atoms with Gasteiger partial charge in [0, 0.05) is 18.8 Å². The number of nitrogens with one attached hydrogen (secondary N) is 1. The van der Waals surface area contributed by atoms with Crippen molar-refractivity contribution in [1.29, 1.82) is 0 Å². The standard InChI is InChI=1S/C16H16ClF3N2O3/c17-13-2-1-9(7-12(13)16(18,19)20)21-14(23)10-8-11(10)15(24)22-3-5-25-6-4-22/h1-2,7,10-11H,3-6,8H2,(H,21,23). The lowest BCUT2D eigenvalue weighted by molar-refractivity contribution is -0.138. The van der Waals surface area contributed by atoms with E-state index in [4.69, 9.17) is 16.3 Å². The Morgan fingerprint density at radius 2 is 1.88 bits per heavy atom. The molecule has 5 nitrogen and oxygen atoms in total. The third kappa shape index (κ3) is 4.07. The Bertz CT molecular complexity index is 690. The summed E-state index contributed by atoms with van der Waals surface area (Å²) in [6.07, 6.45) is -4.20. The molecule has 9 heteroatoms. The van der Waals surface area contributed by atoms with Gasteiger partial charge in [-0.15, -0.1) is 0 Å². The van der Waals surface area contributed by atoms with E-state index in [1.165, 1.54) is 6.07 Å². The molecule has 1 saturated heterocycles. The number of alkyl halides is 3. The van der Waals surface area contributed by atoms with Crippen LogP contribution < -0.4 is 5.32 Å². The molecule has 25 heavy (non-hydrogen) atoms. The molecule has 1 aliphatic carbocycles. The van der Waals surface area contributed by atoms with Gasteiger partial charge in [-0.25, -0.2) is 0 Å². The average Bonchev–Trinajstić information content (AvgIpc) is 3.36. The van der Waals surface area contributed by atoms with Crippen LogP contribution in [0.1, 0.15) is 12.0 Å². The van der Waals surface area contributed by atoms with Gasteiger partial charge >= 0.3 is 6.18 Å². The molecule has 1 N–H and O–H groups in total. The van der Waals surface area contributed by atoms with E-state index in [2.05, 4.69) is 5.32 Å². The summed E-state index contributed by atoms with van der Waals surface area (Å²) in [7, 11) is 0. The number of halogens is 4. The highest BCUT2D eigenvalue weighted by molar-refractivity contribution is 6.31. The molecule has 2 amide bonds. The van der Waals surface area contributed by atoms with E-state index in [0.717, 1.165) is 12.1 Å². The Kier molecular flexibility index (Phi) is 4.92. The molecule has 2 fully saturated rings. The second-order valence-corrected chi connectivity index (χ2v) is 6.48. The predicted octanol–water partition coefficient (Wildman–Crippen LogP) is 2.79. The Morgan fingerprint density at radius 1 is 1.20 bits per heavy atom. The number of hydrogen-bond donors (Lipinski definition) is 1. The van der Waals surface area contributed by atoms with Gasteiger partial charge < -0.3 is 15.0 Å². The number of anilines is 1. The third-order valence-electron chi connectivity index (χ3n) is 4.31. The zero-order valence-electron chi connectivity index (χ0n) is 13.1. The van der Waals surface area contributed by atoms with Crippen LogP contribution in [0.25, 0.3) is 0 Å². The summed E-state index contributed by atoms with van der Waals surface area (Å²) >= 11 is 5.55. The first-order chi connectivity index (χ1) is 11.8. The van der Waals surface area contributed by atoms with Crippen LogP contribution >= 0.6 is 11.6 Å². The molecule has 2 atom stereocenters. The van der Waals surface area contributed by atoms with Crippen molar-refractivity contribution < 1.29 is 27.5 Å². The van der Waals surface area contributed by atoms with Crippen LogP contribution in [0.3, 0.4) is 0 Å². The molecule has 1 aliphatic heterocycles. The lowest BCUT2D eigenvalue weighted by atomic mass is 10.2. The Balaban J connectivity index is 1.61. The van der Waals surface area contributed by atoms with Gasteiger partial charge in [0.15, 0.2) is 0 Å². The van der Waals surface area contributed by atoms with Gasteiger partial charge in [-0.1, -0.05) is 11.6 Å². The minimum Gasteiger partial charge on any atom is -0.378 e. The number of nitrogens with zero attached hydrogens (tertiary/aromatic N) is 1. The fourth-order valence-corrected chi connectivity index (χ4v) is 3.06. The molecule has 1 heterocycles. The van der Waals surface area contributed by atoms with Crippen LogP contribution in [0.4, 0.5) is 18.9 Å². The van der Waals surface area contributed by atoms with E-state index in [1.54, 1.807) is 4.90 Å². The molecule has 2 unspecified atom stereocenters. The molecular weight excluding hydrogens is 361 g/mol. The molecule has 2 aliphatic rings. The van der Waals surface area contributed by atoms with E-state index in [0.29, 0.717) is 32.7 Å². The zero-order chi connectivity index (χ0) is 18.2. The van der Waals surface area contributed by atoms with Crippen LogP contribution in [-0.2, 0) is 20.5 Å². The quantitative estimate of drug-likeness (QED) is 0.882. The number of rotatable bonds is 3. The molecule has 136 valence electrons. The summed E-state index contributed by atoms with van der Waals surface area (Å²) in [4.78, 5) is 26.1. The summed E-state index contributed by atoms with van der Waals surface area (Å²) < 4.78 is 43.7. The number of benzene rings is 1. The number of ether oxygens (including phenoxy) is 1. The van der Waals surface area contributed by atoms with E-state index in [1.807, 2.05) is 0 Å². The maximum absolute atomic E-state index is 12.9. The van der Waals surface area contributed by atoms with Gasteiger partial charge in [0.1, 0.15) is 0 Å². The summed E-state index contributed by atoms with van der Waals surface area (Å²) in [5.74, 6) is -1.48. The molecule has 0 radical (unpaired) electrons. The molecule has 3 rings (SSSR count).